The van der Waals surface area contributed by atoms with Gasteiger partial charge in [-0.2, -0.15) is 0 Å². The van der Waals surface area contributed by atoms with Crippen molar-refractivity contribution in [1.82, 2.24) is 9.47 Å². The lowest BCUT2D eigenvalue weighted by molar-refractivity contribution is -0.384. The van der Waals surface area contributed by atoms with E-state index in [1.54, 1.807) is 12.1 Å². The summed E-state index contributed by atoms with van der Waals surface area (Å²) in [5, 5.41) is 15.3. The van der Waals surface area contributed by atoms with Gasteiger partial charge in [-0.15, -0.1) is 0 Å². The van der Waals surface area contributed by atoms with E-state index in [1.165, 1.54) is 12.1 Å². The third-order valence-electron chi connectivity index (χ3n) is 4.81. The Balaban J connectivity index is 1.62. The summed E-state index contributed by atoms with van der Waals surface area (Å²) in [6, 6.07) is 18.1. The summed E-state index contributed by atoms with van der Waals surface area (Å²) in [4.78, 5) is 12.6. The van der Waals surface area contributed by atoms with Crippen molar-refractivity contribution in [3.8, 4) is 0 Å². The van der Waals surface area contributed by atoms with Crippen LogP contribution >= 0.6 is 23.8 Å². The summed E-state index contributed by atoms with van der Waals surface area (Å²) >= 11 is 11.8. The second-order valence-corrected chi connectivity index (χ2v) is 7.33. The molecule has 2 heterocycles. The second kappa shape index (κ2) is 7.61. The molecular formula is C20H17ClN4O2S. The lowest BCUT2D eigenvalue weighted by atomic mass is 10.0. The number of nitrogens with zero attached hydrogens (tertiary/aromatic N) is 3. The zero-order valence-electron chi connectivity index (χ0n) is 14.8. The molecule has 1 aromatic heterocycles. The van der Waals surface area contributed by atoms with E-state index >= 15 is 0 Å². The van der Waals surface area contributed by atoms with Crippen LogP contribution in [0, 0.1) is 10.1 Å². The molecule has 0 bridgehead atoms. The van der Waals surface area contributed by atoms with E-state index in [0.29, 0.717) is 15.8 Å². The number of thiocarbonyl (C=S) groups is 1. The molecule has 1 aliphatic rings. The summed E-state index contributed by atoms with van der Waals surface area (Å²) in [6.45, 7) is 1.57. The highest BCUT2D eigenvalue weighted by atomic mass is 35.5. The number of aromatic nitrogens is 1. The van der Waals surface area contributed by atoms with Crippen molar-refractivity contribution in [3.63, 3.8) is 0 Å². The Morgan fingerprint density at radius 1 is 1.11 bits per heavy atom. The number of nitro groups is 1. The number of hydrogen-bond donors (Lipinski definition) is 1. The number of fused-ring (bicyclic) bond motifs is 1. The highest BCUT2D eigenvalue weighted by Crippen LogP contribution is 2.33. The molecule has 28 heavy (non-hydrogen) atoms. The van der Waals surface area contributed by atoms with Crippen molar-refractivity contribution in [1.29, 1.82) is 0 Å². The van der Waals surface area contributed by atoms with Crippen molar-refractivity contribution in [2.24, 2.45) is 0 Å². The lowest BCUT2D eigenvalue weighted by Gasteiger charge is -2.39. The van der Waals surface area contributed by atoms with Gasteiger partial charge in [-0.25, -0.2) is 0 Å². The number of halogens is 1. The Bertz CT molecular complexity index is 1020. The van der Waals surface area contributed by atoms with Crippen LogP contribution in [0.25, 0.3) is 0 Å². The number of anilines is 1. The topological polar surface area (TPSA) is 63.3 Å². The highest BCUT2D eigenvalue weighted by molar-refractivity contribution is 7.80. The first-order valence-corrected chi connectivity index (χ1v) is 9.54. The van der Waals surface area contributed by atoms with Crippen LogP contribution in [0.3, 0.4) is 0 Å². The Labute approximate surface area is 172 Å². The molecule has 2 aromatic carbocycles. The summed E-state index contributed by atoms with van der Waals surface area (Å²) in [5.74, 6) is 0. The molecule has 3 aromatic rings. The molecule has 0 saturated heterocycles. The van der Waals surface area contributed by atoms with Gasteiger partial charge in [0.1, 0.15) is 0 Å². The predicted octanol–water partition coefficient (Wildman–Crippen LogP) is 4.85. The third-order valence-corrected chi connectivity index (χ3v) is 5.40. The lowest BCUT2D eigenvalue weighted by Crippen LogP contribution is -2.44. The maximum absolute atomic E-state index is 10.8. The smallest absolute Gasteiger partial charge is 0.269 e. The molecule has 0 fully saturated rings. The molecule has 0 amide bonds. The minimum atomic E-state index is -0.419. The van der Waals surface area contributed by atoms with Gasteiger partial charge in [-0.3, -0.25) is 10.1 Å². The molecule has 4 rings (SSSR count). The van der Waals surface area contributed by atoms with Gasteiger partial charge in [0.05, 0.1) is 11.0 Å². The van der Waals surface area contributed by atoms with E-state index in [0.717, 1.165) is 24.3 Å². The average molecular weight is 413 g/mol. The van der Waals surface area contributed by atoms with Gasteiger partial charge in [0.25, 0.3) is 5.69 Å². The van der Waals surface area contributed by atoms with Crippen LogP contribution < -0.4 is 5.32 Å². The summed E-state index contributed by atoms with van der Waals surface area (Å²) < 4.78 is 2.23. The average Bonchev–Trinajstić information content (AvgIpc) is 3.17. The fourth-order valence-electron chi connectivity index (χ4n) is 3.46. The number of benzene rings is 2. The van der Waals surface area contributed by atoms with Crippen molar-refractivity contribution in [3.05, 3.63) is 93.3 Å². The first-order valence-electron chi connectivity index (χ1n) is 8.75. The van der Waals surface area contributed by atoms with E-state index in [9.17, 15) is 10.1 Å². The summed E-state index contributed by atoms with van der Waals surface area (Å²) in [7, 11) is 0. The monoisotopic (exact) mass is 412 g/mol. The van der Waals surface area contributed by atoms with Gasteiger partial charge in [0, 0.05) is 47.8 Å². The zero-order valence-corrected chi connectivity index (χ0v) is 16.4. The quantitative estimate of drug-likeness (QED) is 0.378. The fraction of sp³-hybridized carbons (Fsp3) is 0.150. The van der Waals surface area contributed by atoms with Crippen molar-refractivity contribution in [2.45, 2.75) is 12.6 Å². The standard InChI is InChI=1S/C20H17ClN4O2S/c21-15-5-3-14(4-6-15)19-18-2-1-11-23(18)12-13-24(19)20(28)22-16-7-9-17(10-8-16)25(26)27/h1-11,19H,12-13H2,(H,22,28)/t19-/m1/s1. The van der Waals surface area contributed by atoms with Gasteiger partial charge in [0.2, 0.25) is 0 Å². The Morgan fingerprint density at radius 2 is 1.82 bits per heavy atom. The molecule has 8 heteroatoms. The van der Waals surface area contributed by atoms with Crippen molar-refractivity contribution < 1.29 is 4.92 Å². The van der Waals surface area contributed by atoms with Crippen LogP contribution in [0.2, 0.25) is 5.02 Å². The number of nitro benzene ring substituents is 1. The molecule has 0 spiro atoms. The first-order chi connectivity index (χ1) is 13.5. The Morgan fingerprint density at radius 3 is 2.50 bits per heavy atom. The fourth-order valence-corrected chi connectivity index (χ4v) is 3.90. The summed E-state index contributed by atoms with van der Waals surface area (Å²) in [5.41, 5.74) is 3.01. The first kappa shape index (κ1) is 18.5. The van der Waals surface area contributed by atoms with Crippen LogP contribution in [-0.4, -0.2) is 26.0 Å². The number of non-ortho nitro benzene ring substituents is 1. The van der Waals surface area contributed by atoms with Crippen molar-refractivity contribution in [2.75, 3.05) is 11.9 Å². The normalized spacial score (nSPS) is 15.8. The van der Waals surface area contributed by atoms with Crippen LogP contribution in [0.4, 0.5) is 11.4 Å². The molecule has 142 valence electrons. The molecule has 0 saturated carbocycles. The minimum absolute atomic E-state index is 0.0425. The third kappa shape index (κ3) is 3.58. The molecule has 1 aliphatic heterocycles. The van der Waals surface area contributed by atoms with E-state index in [-0.39, 0.29) is 11.7 Å². The SMILES string of the molecule is O=[N+]([O-])c1ccc(NC(=S)N2CCn3cccc3[C@H]2c2ccc(Cl)cc2)cc1. The molecular weight excluding hydrogens is 396 g/mol. The van der Waals surface area contributed by atoms with Gasteiger partial charge in [-0.1, -0.05) is 23.7 Å². The van der Waals surface area contributed by atoms with Crippen LogP contribution in [0.5, 0.6) is 0 Å². The van der Waals surface area contributed by atoms with Crippen molar-refractivity contribution >= 4 is 40.3 Å². The van der Waals surface area contributed by atoms with E-state index < -0.39 is 4.92 Å². The van der Waals surface area contributed by atoms with Gasteiger partial charge < -0.3 is 14.8 Å². The van der Waals surface area contributed by atoms with Gasteiger partial charge in [-0.05, 0) is 54.2 Å². The molecule has 1 N–H and O–H groups in total. The minimum Gasteiger partial charge on any atom is -0.348 e. The van der Waals surface area contributed by atoms with E-state index in [1.807, 2.05) is 30.3 Å². The molecule has 6 nitrogen and oxygen atoms in total. The largest absolute Gasteiger partial charge is 0.348 e. The highest BCUT2D eigenvalue weighted by Gasteiger charge is 2.30. The maximum atomic E-state index is 10.8. The van der Waals surface area contributed by atoms with E-state index in [2.05, 4.69) is 27.0 Å². The van der Waals surface area contributed by atoms with Crippen LogP contribution in [-0.2, 0) is 6.54 Å². The van der Waals surface area contributed by atoms with E-state index in [4.69, 9.17) is 23.8 Å². The molecule has 0 unspecified atom stereocenters. The number of hydrogen-bond acceptors (Lipinski definition) is 3. The van der Waals surface area contributed by atoms with Gasteiger partial charge >= 0.3 is 0 Å². The molecule has 1 atom stereocenters. The van der Waals surface area contributed by atoms with Gasteiger partial charge in [0.15, 0.2) is 5.11 Å². The molecule has 0 radical (unpaired) electrons. The molecule has 0 aliphatic carbocycles. The van der Waals surface area contributed by atoms with Crippen LogP contribution in [0.1, 0.15) is 17.3 Å². The zero-order chi connectivity index (χ0) is 19.7. The summed E-state index contributed by atoms with van der Waals surface area (Å²) in [6.07, 6.45) is 2.07. The predicted molar refractivity (Wildman–Crippen MR) is 114 cm³/mol. The van der Waals surface area contributed by atoms with Crippen LogP contribution in [0.15, 0.2) is 66.9 Å². The Hall–Kier alpha value is -2.90. The number of rotatable bonds is 3. The maximum Gasteiger partial charge on any atom is 0.269 e. The second-order valence-electron chi connectivity index (χ2n) is 6.51. The Kier molecular flexibility index (Phi) is 5.02. The number of nitrogens with one attached hydrogen (secondary N) is 1.